The van der Waals surface area contributed by atoms with E-state index in [4.69, 9.17) is 39.5 Å². The maximum Gasteiger partial charge on any atom is 0.264 e. The molecule has 0 aliphatic carbocycles. The van der Waals surface area contributed by atoms with E-state index >= 15 is 0 Å². The highest BCUT2D eigenvalue weighted by molar-refractivity contribution is 8.18. The second-order valence-electron chi connectivity index (χ2n) is 6.55. The molecule has 8 heteroatoms. The zero-order valence-electron chi connectivity index (χ0n) is 15.9. The van der Waals surface area contributed by atoms with Gasteiger partial charge in [0.1, 0.15) is 6.61 Å². The number of carbonyl (C=O) groups excluding carboxylic acids is 1. The number of carbonyl (C=O) groups is 1. The molecule has 0 saturated carbocycles. The third-order valence-corrected chi connectivity index (χ3v) is 5.98. The van der Waals surface area contributed by atoms with Crippen LogP contribution in [0.25, 0.3) is 6.08 Å². The lowest BCUT2D eigenvalue weighted by Crippen LogP contribution is -2.19. The van der Waals surface area contributed by atoms with E-state index < -0.39 is 0 Å². The first-order valence-corrected chi connectivity index (χ1v) is 11.1. The van der Waals surface area contributed by atoms with Crippen LogP contribution in [-0.4, -0.2) is 11.1 Å². The van der Waals surface area contributed by atoms with Gasteiger partial charge in [-0.05, 0) is 65.4 Å². The monoisotopic (exact) mass is 488 g/mol. The lowest BCUT2D eigenvalue weighted by Gasteiger charge is -2.11. The lowest BCUT2D eigenvalue weighted by molar-refractivity contribution is -0.115. The largest absolute Gasteiger partial charge is 0.486 e. The highest BCUT2D eigenvalue weighted by Crippen LogP contribution is 2.36. The van der Waals surface area contributed by atoms with Crippen molar-refractivity contribution < 1.29 is 9.53 Å². The Morgan fingerprint density at radius 1 is 0.968 bits per heavy atom. The van der Waals surface area contributed by atoms with E-state index in [1.165, 1.54) is 11.8 Å². The predicted octanol–water partition coefficient (Wildman–Crippen LogP) is 7.12. The molecule has 0 aromatic heterocycles. The van der Waals surface area contributed by atoms with Crippen LogP contribution in [0.15, 0.2) is 76.6 Å². The van der Waals surface area contributed by atoms with Gasteiger partial charge in [-0.1, -0.05) is 65.1 Å². The summed E-state index contributed by atoms with van der Waals surface area (Å²) in [7, 11) is 0. The standard InChI is InChI=1S/C23H15Cl3N2O2S/c24-16-8-6-14(7-9-16)13-30-21-18(25)10-15(11-19(21)26)12-20-22(29)28-23(31-20)27-17-4-2-1-3-5-17/h1-12H,13H2,(H,27,28,29)/b20-12-. The summed E-state index contributed by atoms with van der Waals surface area (Å²) in [6.45, 7) is 0.300. The molecule has 0 atom stereocenters. The van der Waals surface area contributed by atoms with Crippen LogP contribution in [0.4, 0.5) is 5.69 Å². The molecule has 1 heterocycles. The Balaban J connectivity index is 1.50. The minimum atomic E-state index is -0.227. The Bertz CT molecular complexity index is 1160. The Hall–Kier alpha value is -2.44. The van der Waals surface area contributed by atoms with Crippen LogP contribution >= 0.6 is 46.6 Å². The van der Waals surface area contributed by atoms with Gasteiger partial charge in [0, 0.05) is 5.02 Å². The van der Waals surface area contributed by atoms with Gasteiger partial charge in [0.05, 0.1) is 20.6 Å². The van der Waals surface area contributed by atoms with Crippen molar-refractivity contribution in [3.8, 4) is 5.75 Å². The third kappa shape index (κ3) is 5.63. The SMILES string of the molecule is O=C1NC(=Nc2ccccc2)S/C1=C\c1cc(Cl)c(OCc2ccc(Cl)cc2)c(Cl)c1. The number of thioether (sulfide) groups is 1. The summed E-state index contributed by atoms with van der Waals surface area (Å²) in [6, 6.07) is 20.1. The van der Waals surface area contributed by atoms with Crippen LogP contribution in [-0.2, 0) is 11.4 Å². The molecular weight excluding hydrogens is 475 g/mol. The highest BCUT2D eigenvalue weighted by atomic mass is 35.5. The van der Waals surface area contributed by atoms with E-state index in [1.807, 2.05) is 42.5 Å². The molecule has 156 valence electrons. The van der Waals surface area contributed by atoms with E-state index in [1.54, 1.807) is 30.3 Å². The van der Waals surface area contributed by atoms with Crippen molar-refractivity contribution in [1.29, 1.82) is 0 Å². The lowest BCUT2D eigenvalue weighted by atomic mass is 10.2. The third-order valence-electron chi connectivity index (χ3n) is 4.25. The van der Waals surface area contributed by atoms with Crippen LogP contribution < -0.4 is 10.1 Å². The van der Waals surface area contributed by atoms with Gasteiger partial charge >= 0.3 is 0 Å². The van der Waals surface area contributed by atoms with E-state index in [2.05, 4.69) is 10.3 Å². The van der Waals surface area contributed by atoms with Crippen molar-refractivity contribution in [3.05, 3.63) is 97.8 Å². The number of para-hydroxylation sites is 1. The van der Waals surface area contributed by atoms with Gasteiger partial charge in [0.25, 0.3) is 5.91 Å². The van der Waals surface area contributed by atoms with Gasteiger partial charge in [0.15, 0.2) is 10.9 Å². The van der Waals surface area contributed by atoms with E-state index in [9.17, 15) is 4.79 Å². The number of nitrogens with zero attached hydrogens (tertiary/aromatic N) is 1. The molecule has 1 aliphatic heterocycles. The normalized spacial score (nSPS) is 16.0. The zero-order valence-corrected chi connectivity index (χ0v) is 19.0. The molecule has 0 spiro atoms. The second kappa shape index (κ2) is 9.79. The Morgan fingerprint density at radius 2 is 1.65 bits per heavy atom. The van der Waals surface area contributed by atoms with E-state index in [0.29, 0.717) is 43.1 Å². The van der Waals surface area contributed by atoms with Gasteiger partial charge in [-0.25, -0.2) is 4.99 Å². The summed E-state index contributed by atoms with van der Waals surface area (Å²) < 4.78 is 5.79. The van der Waals surface area contributed by atoms with Gasteiger partial charge in [0.2, 0.25) is 0 Å². The fourth-order valence-electron chi connectivity index (χ4n) is 2.79. The van der Waals surface area contributed by atoms with Crippen LogP contribution in [0.3, 0.4) is 0 Å². The molecule has 4 rings (SSSR count). The van der Waals surface area contributed by atoms with Crippen LogP contribution in [0.2, 0.25) is 15.1 Å². The Morgan fingerprint density at radius 3 is 2.32 bits per heavy atom. The highest BCUT2D eigenvalue weighted by Gasteiger charge is 2.24. The van der Waals surface area contributed by atoms with Crippen LogP contribution in [0, 0.1) is 0 Å². The number of rotatable bonds is 5. The van der Waals surface area contributed by atoms with Crippen molar-refractivity contribution in [3.63, 3.8) is 0 Å². The molecule has 1 saturated heterocycles. The fraction of sp³-hybridized carbons (Fsp3) is 0.0435. The smallest absolute Gasteiger partial charge is 0.264 e. The van der Waals surface area contributed by atoms with Crippen molar-refractivity contribution in [2.75, 3.05) is 0 Å². The molecule has 4 nitrogen and oxygen atoms in total. The minimum absolute atomic E-state index is 0.227. The summed E-state index contributed by atoms with van der Waals surface area (Å²) >= 11 is 19.9. The van der Waals surface area contributed by atoms with Gasteiger partial charge in [-0.2, -0.15) is 0 Å². The number of aliphatic imine (C=N–C) groups is 1. The van der Waals surface area contributed by atoms with E-state index in [-0.39, 0.29) is 5.91 Å². The fourth-order valence-corrected chi connectivity index (χ4v) is 4.37. The first-order chi connectivity index (χ1) is 15.0. The molecule has 1 amide bonds. The van der Waals surface area contributed by atoms with Crippen molar-refractivity contribution in [1.82, 2.24) is 5.32 Å². The zero-order chi connectivity index (χ0) is 21.8. The molecule has 1 N–H and O–H groups in total. The summed E-state index contributed by atoms with van der Waals surface area (Å²) in [5.41, 5.74) is 2.39. The number of benzene rings is 3. The van der Waals surface area contributed by atoms with E-state index in [0.717, 1.165) is 11.3 Å². The molecule has 3 aromatic carbocycles. The van der Waals surface area contributed by atoms with Crippen LogP contribution in [0.1, 0.15) is 11.1 Å². The van der Waals surface area contributed by atoms with Gasteiger partial charge < -0.3 is 10.1 Å². The van der Waals surface area contributed by atoms with Crippen molar-refractivity contribution >= 4 is 69.4 Å². The maximum absolute atomic E-state index is 12.3. The van der Waals surface area contributed by atoms with Gasteiger partial charge in [-0.3, -0.25) is 4.79 Å². The number of amidine groups is 1. The van der Waals surface area contributed by atoms with Crippen LogP contribution in [0.5, 0.6) is 5.75 Å². The van der Waals surface area contributed by atoms with Crippen molar-refractivity contribution in [2.45, 2.75) is 6.61 Å². The molecule has 31 heavy (non-hydrogen) atoms. The molecular formula is C23H15Cl3N2O2S. The molecule has 3 aromatic rings. The summed E-state index contributed by atoms with van der Waals surface area (Å²) in [5.74, 6) is 0.158. The van der Waals surface area contributed by atoms with Gasteiger partial charge in [-0.15, -0.1) is 0 Å². The first-order valence-electron chi connectivity index (χ1n) is 9.19. The average molecular weight is 490 g/mol. The number of hydrogen-bond acceptors (Lipinski definition) is 4. The maximum atomic E-state index is 12.3. The molecule has 1 fully saturated rings. The number of halogens is 3. The number of nitrogens with one attached hydrogen (secondary N) is 1. The molecule has 1 aliphatic rings. The molecule has 0 radical (unpaired) electrons. The average Bonchev–Trinajstić information content (AvgIpc) is 3.08. The van der Waals surface area contributed by atoms with Crippen molar-refractivity contribution in [2.24, 2.45) is 4.99 Å². The Labute approximate surface area is 198 Å². The number of hydrogen-bond donors (Lipinski definition) is 1. The Kier molecular flexibility index (Phi) is 6.88. The summed E-state index contributed by atoms with van der Waals surface area (Å²) in [5, 5.41) is 4.65. The topological polar surface area (TPSA) is 50.7 Å². The first kappa shape index (κ1) is 21.8. The quantitative estimate of drug-likeness (QED) is 0.388. The molecule has 0 bridgehead atoms. The summed E-state index contributed by atoms with van der Waals surface area (Å²) in [6.07, 6.45) is 1.72. The number of ether oxygens (including phenoxy) is 1. The predicted molar refractivity (Wildman–Crippen MR) is 129 cm³/mol. The minimum Gasteiger partial charge on any atom is -0.486 e. The number of amides is 1. The second-order valence-corrected chi connectivity index (χ2v) is 8.83. The molecule has 0 unspecified atom stereocenters. The summed E-state index contributed by atoms with van der Waals surface area (Å²) in [4.78, 5) is 17.2.